The summed E-state index contributed by atoms with van der Waals surface area (Å²) in [6, 6.07) is 2.76. The van der Waals surface area contributed by atoms with Gasteiger partial charge in [-0.05, 0) is 61.5 Å². The highest BCUT2D eigenvalue weighted by Crippen LogP contribution is 2.35. The van der Waals surface area contributed by atoms with Crippen molar-refractivity contribution < 1.29 is 23.1 Å². The number of carbonyl (C=O) groups is 1. The lowest BCUT2D eigenvalue weighted by Gasteiger charge is -2.25. The molecule has 4 N–H and O–H groups in total. The number of anilines is 2. The first-order valence-corrected chi connectivity index (χ1v) is 8.94. The van der Waals surface area contributed by atoms with Gasteiger partial charge in [0.15, 0.2) is 0 Å². The normalized spacial score (nSPS) is 17.7. The second-order valence-corrected chi connectivity index (χ2v) is 7.13. The van der Waals surface area contributed by atoms with E-state index in [2.05, 4.69) is 15.3 Å². The van der Waals surface area contributed by atoms with E-state index in [0.29, 0.717) is 35.5 Å². The predicted octanol–water partition coefficient (Wildman–Crippen LogP) is 4.09. The van der Waals surface area contributed by atoms with Gasteiger partial charge in [-0.2, -0.15) is 13.2 Å². The molecule has 0 amide bonds. The first-order chi connectivity index (χ1) is 13.0. The van der Waals surface area contributed by atoms with Crippen molar-refractivity contribution in [2.75, 3.05) is 11.1 Å². The number of carboxylic acid groups (broad SMARTS) is 1. The van der Waals surface area contributed by atoms with Crippen LogP contribution in [0.1, 0.15) is 41.8 Å². The largest absolute Gasteiger partial charge is 0.481 e. The number of benzene rings is 1. The minimum absolute atomic E-state index is 0.00725. The summed E-state index contributed by atoms with van der Waals surface area (Å²) in [6.45, 7) is 1.66. The van der Waals surface area contributed by atoms with Crippen LogP contribution >= 0.6 is 11.6 Å². The zero-order valence-corrected chi connectivity index (χ0v) is 15.6. The molecule has 2 aromatic rings. The average Bonchev–Trinajstić information content (AvgIpc) is 2.59. The second-order valence-electron chi connectivity index (χ2n) is 6.80. The van der Waals surface area contributed by atoms with E-state index >= 15 is 0 Å². The summed E-state index contributed by atoms with van der Waals surface area (Å²) in [5.74, 6) is -1.16. The molecule has 0 bridgehead atoms. The molecule has 28 heavy (non-hydrogen) atoms. The summed E-state index contributed by atoms with van der Waals surface area (Å²) in [6.07, 6.45) is -3.42. The van der Waals surface area contributed by atoms with Crippen molar-refractivity contribution in [1.82, 2.24) is 9.97 Å². The van der Waals surface area contributed by atoms with Crippen LogP contribution in [0.3, 0.4) is 0 Å². The van der Waals surface area contributed by atoms with Gasteiger partial charge in [-0.25, -0.2) is 9.97 Å². The van der Waals surface area contributed by atoms with Crippen molar-refractivity contribution in [3.8, 4) is 0 Å². The van der Waals surface area contributed by atoms with Gasteiger partial charge in [-0.1, -0.05) is 0 Å². The lowest BCUT2D eigenvalue weighted by molar-refractivity contribution is -0.142. The van der Waals surface area contributed by atoms with E-state index in [1.807, 2.05) is 0 Å². The molecule has 0 fully saturated rings. The molecule has 0 radical (unpaired) electrons. The Balaban J connectivity index is 1.93. The molecule has 2 atom stereocenters. The minimum atomic E-state index is -4.52. The maximum Gasteiger partial charge on any atom is 0.416 e. The molecule has 1 aliphatic carbocycles. The number of hydrogen-bond donors (Lipinski definition) is 3. The minimum Gasteiger partial charge on any atom is -0.481 e. The third-order valence-electron chi connectivity index (χ3n) is 4.75. The molecule has 1 aromatic carbocycles. The third-order valence-corrected chi connectivity index (χ3v) is 4.92. The van der Waals surface area contributed by atoms with E-state index in [0.717, 1.165) is 12.1 Å². The molecule has 1 unspecified atom stereocenters. The Labute approximate surface area is 163 Å². The Morgan fingerprint density at radius 1 is 1.36 bits per heavy atom. The van der Waals surface area contributed by atoms with Crippen molar-refractivity contribution >= 4 is 29.1 Å². The number of halogens is 4. The van der Waals surface area contributed by atoms with E-state index in [-0.39, 0.29) is 17.4 Å². The number of hydrogen-bond acceptors (Lipinski definition) is 5. The SMILES string of the molecule is C[C@@H](Nc1nc(Cl)nc2c1CC(C(=O)O)CC2)c1cc(N)cc(C(F)(F)F)c1. The summed E-state index contributed by atoms with van der Waals surface area (Å²) >= 11 is 5.97. The van der Waals surface area contributed by atoms with Crippen LogP contribution in [0.25, 0.3) is 0 Å². The molecule has 3 rings (SSSR count). The molecule has 1 heterocycles. The van der Waals surface area contributed by atoms with Crippen LogP contribution in [0.4, 0.5) is 24.7 Å². The number of nitrogen functional groups attached to an aromatic ring is 1. The quantitative estimate of drug-likeness (QED) is 0.514. The number of nitrogens with zero attached hydrogens (tertiary/aromatic N) is 2. The van der Waals surface area contributed by atoms with Gasteiger partial charge in [-0.3, -0.25) is 4.79 Å². The maximum atomic E-state index is 13.1. The van der Waals surface area contributed by atoms with Crippen molar-refractivity contribution in [1.29, 1.82) is 0 Å². The molecule has 0 saturated heterocycles. The third kappa shape index (κ3) is 4.30. The smallest absolute Gasteiger partial charge is 0.416 e. The second kappa shape index (κ2) is 7.46. The summed E-state index contributed by atoms with van der Waals surface area (Å²) in [7, 11) is 0. The van der Waals surface area contributed by atoms with Crippen LogP contribution in [0.15, 0.2) is 18.2 Å². The molecule has 0 spiro atoms. The highest BCUT2D eigenvalue weighted by molar-refractivity contribution is 6.28. The standard InChI is InChI=1S/C18H18ClF3N4O2/c1-8(10-4-11(18(20,21)22)7-12(23)5-10)24-15-13-6-9(16(27)28)2-3-14(13)25-17(19)26-15/h4-5,7-9H,2-3,6,23H2,1H3,(H,27,28)(H,24,25,26)/t8-,9?/m1/s1. The van der Waals surface area contributed by atoms with Crippen LogP contribution in [-0.4, -0.2) is 21.0 Å². The Hall–Kier alpha value is -2.55. The highest BCUT2D eigenvalue weighted by Gasteiger charge is 2.32. The molecule has 0 saturated carbocycles. The number of aliphatic carboxylic acids is 1. The van der Waals surface area contributed by atoms with Crippen molar-refractivity contribution in [2.24, 2.45) is 5.92 Å². The van der Waals surface area contributed by atoms with Gasteiger partial charge in [0.1, 0.15) is 5.82 Å². The number of nitrogens with two attached hydrogens (primary N) is 1. The summed E-state index contributed by atoms with van der Waals surface area (Å²) in [5, 5.41) is 12.3. The van der Waals surface area contributed by atoms with Crippen molar-refractivity contribution in [2.45, 2.75) is 38.4 Å². The Bertz CT molecular complexity index is 920. The topological polar surface area (TPSA) is 101 Å². The molecular weight excluding hydrogens is 397 g/mol. The van der Waals surface area contributed by atoms with Gasteiger partial charge in [0.2, 0.25) is 5.28 Å². The summed E-state index contributed by atoms with van der Waals surface area (Å²) in [5.41, 5.74) is 6.37. The van der Waals surface area contributed by atoms with E-state index in [9.17, 15) is 23.1 Å². The lowest BCUT2D eigenvalue weighted by Crippen LogP contribution is -2.25. The summed E-state index contributed by atoms with van der Waals surface area (Å²) in [4.78, 5) is 19.6. The van der Waals surface area contributed by atoms with Crippen LogP contribution in [0, 0.1) is 5.92 Å². The lowest BCUT2D eigenvalue weighted by atomic mass is 9.86. The number of carboxylic acids is 1. The monoisotopic (exact) mass is 414 g/mol. The van der Waals surface area contributed by atoms with E-state index in [1.165, 1.54) is 6.07 Å². The molecule has 10 heteroatoms. The maximum absolute atomic E-state index is 13.1. The van der Waals surface area contributed by atoms with Crippen LogP contribution in [0.2, 0.25) is 5.28 Å². The number of alkyl halides is 3. The Morgan fingerprint density at radius 2 is 2.07 bits per heavy atom. The van der Waals surface area contributed by atoms with Crippen LogP contribution < -0.4 is 11.1 Å². The van der Waals surface area contributed by atoms with Gasteiger partial charge in [0.25, 0.3) is 0 Å². The molecule has 0 aliphatic heterocycles. The van der Waals surface area contributed by atoms with E-state index in [1.54, 1.807) is 6.92 Å². The van der Waals surface area contributed by atoms with Gasteiger partial charge in [-0.15, -0.1) is 0 Å². The van der Waals surface area contributed by atoms with Crippen molar-refractivity contribution in [3.05, 3.63) is 45.9 Å². The predicted molar refractivity (Wildman–Crippen MR) is 98.1 cm³/mol. The fraction of sp³-hybridized carbons (Fsp3) is 0.389. The molecular formula is C18H18ClF3N4O2. The molecule has 150 valence electrons. The first-order valence-electron chi connectivity index (χ1n) is 8.57. The zero-order valence-electron chi connectivity index (χ0n) is 14.8. The van der Waals surface area contributed by atoms with Gasteiger partial charge in [0.05, 0.1) is 23.2 Å². The number of fused-ring (bicyclic) bond motifs is 1. The average molecular weight is 415 g/mol. The Kier molecular flexibility index (Phi) is 5.38. The fourth-order valence-corrected chi connectivity index (χ4v) is 3.48. The van der Waals surface area contributed by atoms with Crippen LogP contribution in [0.5, 0.6) is 0 Å². The zero-order chi connectivity index (χ0) is 20.6. The van der Waals surface area contributed by atoms with E-state index in [4.69, 9.17) is 17.3 Å². The fourth-order valence-electron chi connectivity index (χ4n) is 3.29. The number of aryl methyl sites for hydroxylation is 1. The number of rotatable bonds is 4. The van der Waals surface area contributed by atoms with Gasteiger partial charge in [0, 0.05) is 11.3 Å². The number of aromatic nitrogens is 2. The van der Waals surface area contributed by atoms with Gasteiger partial charge >= 0.3 is 12.1 Å². The van der Waals surface area contributed by atoms with Crippen LogP contribution in [-0.2, 0) is 23.8 Å². The molecule has 1 aromatic heterocycles. The van der Waals surface area contributed by atoms with Gasteiger partial charge < -0.3 is 16.2 Å². The first kappa shape index (κ1) is 20.2. The van der Waals surface area contributed by atoms with Crippen molar-refractivity contribution in [3.63, 3.8) is 0 Å². The number of nitrogens with one attached hydrogen (secondary N) is 1. The Morgan fingerprint density at radius 3 is 2.71 bits per heavy atom. The highest BCUT2D eigenvalue weighted by atomic mass is 35.5. The molecule has 6 nitrogen and oxygen atoms in total. The molecule has 1 aliphatic rings. The summed E-state index contributed by atoms with van der Waals surface area (Å²) < 4.78 is 39.2. The van der Waals surface area contributed by atoms with E-state index < -0.39 is 29.7 Å².